The third kappa shape index (κ3) is 3.19. The van der Waals surface area contributed by atoms with Gasteiger partial charge in [-0.3, -0.25) is 4.79 Å². The molecule has 98 valence electrons. The number of nitrogens with one attached hydrogen (secondary N) is 1. The van der Waals surface area contributed by atoms with Crippen LogP contribution in [0.25, 0.3) is 0 Å². The lowest BCUT2D eigenvalue weighted by atomic mass is 9.74. The predicted octanol–water partition coefficient (Wildman–Crippen LogP) is 1.22. The lowest BCUT2D eigenvalue weighted by Crippen LogP contribution is -2.44. The highest BCUT2D eigenvalue weighted by Gasteiger charge is 2.33. The topological polar surface area (TPSA) is 58.6 Å². The fourth-order valence-electron chi connectivity index (χ4n) is 2.87. The minimum atomic E-state index is -0.255. The number of aliphatic hydroxyl groups excluding tert-OH is 1. The molecular weight excluding hydrogens is 218 g/mol. The summed E-state index contributed by atoms with van der Waals surface area (Å²) < 4.78 is 5.35. The maximum Gasteiger partial charge on any atom is 0.249 e. The summed E-state index contributed by atoms with van der Waals surface area (Å²) in [6.07, 6.45) is 7.18. The first kappa shape index (κ1) is 12.8. The van der Waals surface area contributed by atoms with Gasteiger partial charge in [-0.2, -0.15) is 0 Å². The van der Waals surface area contributed by atoms with Crippen LogP contribution < -0.4 is 5.32 Å². The van der Waals surface area contributed by atoms with Crippen LogP contribution in [0.1, 0.15) is 44.9 Å². The van der Waals surface area contributed by atoms with Gasteiger partial charge < -0.3 is 15.2 Å². The van der Waals surface area contributed by atoms with Gasteiger partial charge in [0.1, 0.15) is 6.10 Å². The molecule has 1 amide bonds. The normalized spacial score (nSPS) is 27.9. The van der Waals surface area contributed by atoms with E-state index in [0.29, 0.717) is 13.2 Å². The van der Waals surface area contributed by atoms with Gasteiger partial charge in [-0.1, -0.05) is 19.3 Å². The fourth-order valence-corrected chi connectivity index (χ4v) is 2.87. The number of ether oxygens (including phenoxy) is 1. The van der Waals surface area contributed by atoms with Crippen LogP contribution in [0.2, 0.25) is 0 Å². The van der Waals surface area contributed by atoms with Crippen LogP contribution in [0.5, 0.6) is 0 Å². The van der Waals surface area contributed by atoms with E-state index in [1.54, 1.807) is 0 Å². The molecule has 4 nitrogen and oxygen atoms in total. The van der Waals surface area contributed by atoms with E-state index in [2.05, 4.69) is 5.32 Å². The summed E-state index contributed by atoms with van der Waals surface area (Å²) in [4.78, 5) is 11.8. The third-order valence-electron chi connectivity index (χ3n) is 4.11. The summed E-state index contributed by atoms with van der Waals surface area (Å²) in [5, 5.41) is 12.5. The van der Waals surface area contributed by atoms with Gasteiger partial charge in [-0.15, -0.1) is 0 Å². The van der Waals surface area contributed by atoms with Gasteiger partial charge in [-0.05, 0) is 25.7 Å². The van der Waals surface area contributed by atoms with Crippen molar-refractivity contribution in [2.24, 2.45) is 5.41 Å². The number of hydrogen-bond acceptors (Lipinski definition) is 3. The summed E-state index contributed by atoms with van der Waals surface area (Å²) in [7, 11) is 0. The van der Waals surface area contributed by atoms with Crippen LogP contribution in [0.15, 0.2) is 0 Å². The van der Waals surface area contributed by atoms with E-state index in [-0.39, 0.29) is 24.0 Å². The molecule has 0 bridgehead atoms. The molecule has 4 heteroatoms. The van der Waals surface area contributed by atoms with E-state index in [1.165, 1.54) is 6.42 Å². The molecule has 1 heterocycles. The van der Waals surface area contributed by atoms with Gasteiger partial charge in [0.2, 0.25) is 5.91 Å². The molecule has 2 fully saturated rings. The average molecular weight is 241 g/mol. The van der Waals surface area contributed by atoms with Crippen LogP contribution >= 0.6 is 0 Å². The zero-order chi connectivity index (χ0) is 12.1. The Morgan fingerprint density at radius 1 is 1.29 bits per heavy atom. The monoisotopic (exact) mass is 241 g/mol. The second-order valence-electron chi connectivity index (χ2n) is 5.44. The molecule has 1 aliphatic heterocycles. The van der Waals surface area contributed by atoms with Crippen molar-refractivity contribution in [1.82, 2.24) is 5.32 Å². The molecule has 0 aromatic carbocycles. The highest BCUT2D eigenvalue weighted by molar-refractivity contribution is 5.80. The Balaban J connectivity index is 1.80. The molecule has 2 N–H and O–H groups in total. The van der Waals surface area contributed by atoms with Gasteiger partial charge in [0, 0.05) is 18.6 Å². The van der Waals surface area contributed by atoms with E-state index >= 15 is 0 Å². The Labute approximate surface area is 103 Å². The van der Waals surface area contributed by atoms with Crippen molar-refractivity contribution in [2.45, 2.75) is 51.0 Å². The van der Waals surface area contributed by atoms with E-state index < -0.39 is 0 Å². The zero-order valence-electron chi connectivity index (χ0n) is 10.4. The molecule has 0 unspecified atom stereocenters. The van der Waals surface area contributed by atoms with Crippen molar-refractivity contribution in [3.8, 4) is 0 Å². The minimum Gasteiger partial charge on any atom is -0.396 e. The molecule has 2 aliphatic rings. The van der Waals surface area contributed by atoms with Gasteiger partial charge in [-0.25, -0.2) is 0 Å². The zero-order valence-corrected chi connectivity index (χ0v) is 10.4. The molecule has 17 heavy (non-hydrogen) atoms. The predicted molar refractivity (Wildman–Crippen MR) is 64.6 cm³/mol. The maximum absolute atomic E-state index is 11.8. The van der Waals surface area contributed by atoms with Crippen LogP contribution in [0, 0.1) is 5.41 Å². The second kappa shape index (κ2) is 5.83. The summed E-state index contributed by atoms with van der Waals surface area (Å²) in [5.41, 5.74) is -0.0769. The molecular formula is C13H23NO3. The summed E-state index contributed by atoms with van der Waals surface area (Å²) in [6, 6.07) is 0. The van der Waals surface area contributed by atoms with Crippen molar-refractivity contribution in [2.75, 3.05) is 19.8 Å². The SMILES string of the molecule is O=C(NCC1(CO)CCCCC1)[C@H]1CCCO1. The largest absolute Gasteiger partial charge is 0.396 e. The summed E-state index contributed by atoms with van der Waals surface area (Å²) in [6.45, 7) is 1.48. The van der Waals surface area contributed by atoms with Crippen molar-refractivity contribution in [1.29, 1.82) is 0 Å². The Morgan fingerprint density at radius 3 is 2.65 bits per heavy atom. The fraction of sp³-hybridized carbons (Fsp3) is 0.923. The Kier molecular flexibility index (Phi) is 4.40. The summed E-state index contributed by atoms with van der Waals surface area (Å²) in [5.74, 6) is 0.000832. The van der Waals surface area contributed by atoms with Gasteiger partial charge in [0.05, 0.1) is 6.61 Å². The molecule has 1 saturated heterocycles. The first-order valence-electron chi connectivity index (χ1n) is 6.76. The first-order valence-corrected chi connectivity index (χ1v) is 6.76. The average Bonchev–Trinajstić information content (AvgIpc) is 2.91. The van der Waals surface area contributed by atoms with Crippen LogP contribution in [0.3, 0.4) is 0 Å². The number of hydrogen-bond donors (Lipinski definition) is 2. The van der Waals surface area contributed by atoms with Crippen LogP contribution in [-0.4, -0.2) is 36.9 Å². The Morgan fingerprint density at radius 2 is 2.06 bits per heavy atom. The van der Waals surface area contributed by atoms with E-state index in [4.69, 9.17) is 4.74 Å². The number of carbonyl (C=O) groups is 1. The Hall–Kier alpha value is -0.610. The highest BCUT2D eigenvalue weighted by atomic mass is 16.5. The van der Waals surface area contributed by atoms with Crippen molar-refractivity contribution >= 4 is 5.91 Å². The lowest BCUT2D eigenvalue weighted by Gasteiger charge is -2.35. The number of amides is 1. The number of carbonyl (C=O) groups excluding carboxylic acids is 1. The third-order valence-corrected chi connectivity index (χ3v) is 4.11. The van der Waals surface area contributed by atoms with Crippen LogP contribution in [0.4, 0.5) is 0 Å². The molecule has 1 atom stereocenters. The van der Waals surface area contributed by atoms with Crippen molar-refractivity contribution in [3.05, 3.63) is 0 Å². The molecule has 0 spiro atoms. The molecule has 0 aromatic heterocycles. The van der Waals surface area contributed by atoms with E-state index in [9.17, 15) is 9.90 Å². The van der Waals surface area contributed by atoms with Gasteiger partial charge >= 0.3 is 0 Å². The molecule has 0 aromatic rings. The van der Waals surface area contributed by atoms with Gasteiger partial charge in [0.15, 0.2) is 0 Å². The highest BCUT2D eigenvalue weighted by Crippen LogP contribution is 2.35. The van der Waals surface area contributed by atoms with Crippen molar-refractivity contribution in [3.63, 3.8) is 0 Å². The van der Waals surface area contributed by atoms with E-state index in [1.807, 2.05) is 0 Å². The molecule has 1 saturated carbocycles. The number of aliphatic hydroxyl groups is 1. The minimum absolute atomic E-state index is 0.000832. The smallest absolute Gasteiger partial charge is 0.249 e. The molecule has 1 aliphatic carbocycles. The van der Waals surface area contributed by atoms with Crippen molar-refractivity contribution < 1.29 is 14.6 Å². The number of rotatable bonds is 4. The van der Waals surface area contributed by atoms with Crippen LogP contribution in [-0.2, 0) is 9.53 Å². The van der Waals surface area contributed by atoms with Gasteiger partial charge in [0.25, 0.3) is 0 Å². The molecule has 0 radical (unpaired) electrons. The Bertz CT molecular complexity index is 255. The quantitative estimate of drug-likeness (QED) is 0.778. The van der Waals surface area contributed by atoms with E-state index in [0.717, 1.165) is 38.5 Å². The first-order chi connectivity index (χ1) is 8.26. The maximum atomic E-state index is 11.8. The molecule has 2 rings (SSSR count). The summed E-state index contributed by atoms with van der Waals surface area (Å²) >= 11 is 0. The standard InChI is InChI=1S/C13H23NO3/c15-10-13(6-2-1-3-7-13)9-14-12(16)11-5-4-8-17-11/h11,15H,1-10H2,(H,14,16)/t11-/m1/s1. The second-order valence-corrected chi connectivity index (χ2v) is 5.44. The lowest BCUT2D eigenvalue weighted by molar-refractivity contribution is -0.130.